The summed E-state index contributed by atoms with van der Waals surface area (Å²) in [6.07, 6.45) is 3.57. The summed E-state index contributed by atoms with van der Waals surface area (Å²) < 4.78 is 0.950. The van der Waals surface area contributed by atoms with E-state index >= 15 is 0 Å². The first-order chi connectivity index (χ1) is 9.11. The summed E-state index contributed by atoms with van der Waals surface area (Å²) in [6, 6.07) is 5.98. The molecular formula is C16H17BrO2. The summed E-state index contributed by atoms with van der Waals surface area (Å²) >= 11 is 3.46. The smallest absolute Gasteiger partial charge is 0.169 e. The first kappa shape index (κ1) is 12.9. The first-order valence-electron chi connectivity index (χ1n) is 6.88. The molecule has 1 saturated carbocycles. The van der Waals surface area contributed by atoms with Crippen LogP contribution in [0.4, 0.5) is 0 Å². The van der Waals surface area contributed by atoms with Gasteiger partial charge in [0.1, 0.15) is 5.76 Å². The first-order valence-corrected chi connectivity index (χ1v) is 7.67. The second-order valence-corrected chi connectivity index (χ2v) is 6.40. The highest BCUT2D eigenvalue weighted by molar-refractivity contribution is 9.10. The monoisotopic (exact) mass is 320 g/mol. The van der Waals surface area contributed by atoms with Gasteiger partial charge in [0.15, 0.2) is 5.78 Å². The Morgan fingerprint density at radius 3 is 2.79 bits per heavy atom. The van der Waals surface area contributed by atoms with Crippen LogP contribution in [0, 0.1) is 11.8 Å². The zero-order valence-corrected chi connectivity index (χ0v) is 12.5. The Labute approximate surface area is 121 Å². The summed E-state index contributed by atoms with van der Waals surface area (Å²) in [4.78, 5) is 12.5. The van der Waals surface area contributed by atoms with Gasteiger partial charge in [-0.2, -0.15) is 0 Å². The summed E-state index contributed by atoms with van der Waals surface area (Å²) in [7, 11) is 0. The minimum Gasteiger partial charge on any atom is -0.511 e. The van der Waals surface area contributed by atoms with Crippen molar-refractivity contribution in [3.05, 3.63) is 39.6 Å². The maximum absolute atomic E-state index is 12.5. The summed E-state index contributed by atoms with van der Waals surface area (Å²) in [5, 5.41) is 10.4. The number of aliphatic hydroxyl groups is 1. The number of carbonyl (C=O) groups excluding carboxylic acids is 1. The van der Waals surface area contributed by atoms with Crippen molar-refractivity contribution in [1.29, 1.82) is 0 Å². The normalized spacial score (nSPS) is 26.1. The number of aryl methyl sites for hydroxylation is 1. The van der Waals surface area contributed by atoms with Gasteiger partial charge < -0.3 is 5.11 Å². The molecule has 0 spiro atoms. The lowest BCUT2D eigenvalue weighted by molar-refractivity contribution is -0.117. The number of carbonyl (C=O) groups is 1. The molecule has 19 heavy (non-hydrogen) atoms. The number of Topliss-reactive ketones (excluding diaryl/α,β-unsaturated/α-hetero) is 1. The lowest BCUT2D eigenvalue weighted by atomic mass is 9.82. The third-order valence-corrected chi connectivity index (χ3v) is 4.91. The average Bonchev–Trinajstić information content (AvgIpc) is 2.84. The van der Waals surface area contributed by atoms with Gasteiger partial charge in [-0.3, -0.25) is 4.79 Å². The van der Waals surface area contributed by atoms with Crippen LogP contribution in [0.2, 0.25) is 0 Å². The molecule has 0 amide bonds. The van der Waals surface area contributed by atoms with Crippen LogP contribution in [0.25, 0.3) is 5.57 Å². The van der Waals surface area contributed by atoms with Gasteiger partial charge in [-0.1, -0.05) is 28.9 Å². The molecule has 2 atom stereocenters. The van der Waals surface area contributed by atoms with E-state index in [9.17, 15) is 9.90 Å². The lowest BCUT2D eigenvalue weighted by Crippen LogP contribution is -2.21. The maximum Gasteiger partial charge on any atom is 0.169 e. The van der Waals surface area contributed by atoms with Crippen molar-refractivity contribution in [2.24, 2.45) is 11.8 Å². The molecule has 100 valence electrons. The van der Waals surface area contributed by atoms with Crippen LogP contribution in [-0.4, -0.2) is 10.9 Å². The lowest BCUT2D eigenvalue weighted by Gasteiger charge is -2.23. The Morgan fingerprint density at radius 2 is 2.05 bits per heavy atom. The van der Waals surface area contributed by atoms with E-state index in [0.717, 1.165) is 41.3 Å². The van der Waals surface area contributed by atoms with Crippen molar-refractivity contribution in [1.82, 2.24) is 0 Å². The highest BCUT2D eigenvalue weighted by Gasteiger charge is 2.41. The molecule has 1 aromatic carbocycles. The van der Waals surface area contributed by atoms with E-state index in [4.69, 9.17) is 0 Å². The molecule has 3 heteroatoms. The molecule has 2 aliphatic carbocycles. The number of hydrogen-bond acceptors (Lipinski definition) is 2. The van der Waals surface area contributed by atoms with Crippen LogP contribution >= 0.6 is 15.9 Å². The minimum atomic E-state index is 0.125. The highest BCUT2D eigenvalue weighted by Crippen LogP contribution is 2.46. The number of allylic oxidation sites excluding steroid dienone is 2. The molecule has 0 unspecified atom stereocenters. The number of fused-ring (bicyclic) bond motifs is 2. The fourth-order valence-corrected chi connectivity index (χ4v) is 3.72. The standard InChI is InChI=1S/C16H17BrO2/c1-2-9-5-6-12(17)8-13(9)14-15(18)10-3-4-11(7-10)16(14)19/h5-6,8,10-11,18H,2-4,7H2,1H3/t10-,11+/m1/s1. The zero-order valence-electron chi connectivity index (χ0n) is 10.9. The molecule has 0 saturated heterocycles. The molecular weight excluding hydrogens is 304 g/mol. The SMILES string of the molecule is CCc1ccc(Br)cc1C1=C(O)[C@@H]2CC[C@@H](C2)C1=O. The van der Waals surface area contributed by atoms with Crippen LogP contribution in [0.15, 0.2) is 28.4 Å². The van der Waals surface area contributed by atoms with Crippen LogP contribution in [0.5, 0.6) is 0 Å². The molecule has 1 fully saturated rings. The Kier molecular flexibility index (Phi) is 3.25. The van der Waals surface area contributed by atoms with Gasteiger partial charge in [-0.05, 0) is 48.9 Å². The third kappa shape index (κ3) is 2.04. The van der Waals surface area contributed by atoms with Gasteiger partial charge >= 0.3 is 0 Å². The molecule has 0 aliphatic heterocycles. The summed E-state index contributed by atoms with van der Waals surface area (Å²) in [5.74, 6) is 0.784. The largest absolute Gasteiger partial charge is 0.511 e. The number of ketones is 1. The average molecular weight is 321 g/mol. The van der Waals surface area contributed by atoms with Crippen LogP contribution in [-0.2, 0) is 11.2 Å². The maximum atomic E-state index is 12.5. The molecule has 3 rings (SSSR count). The Morgan fingerprint density at radius 1 is 1.32 bits per heavy atom. The molecule has 0 heterocycles. The molecule has 1 N–H and O–H groups in total. The van der Waals surface area contributed by atoms with Crippen molar-refractivity contribution in [3.8, 4) is 0 Å². The quantitative estimate of drug-likeness (QED) is 0.883. The van der Waals surface area contributed by atoms with E-state index < -0.39 is 0 Å². The van der Waals surface area contributed by atoms with Crippen molar-refractivity contribution >= 4 is 27.3 Å². The number of rotatable bonds is 2. The van der Waals surface area contributed by atoms with E-state index in [0.29, 0.717) is 11.3 Å². The van der Waals surface area contributed by atoms with E-state index in [1.165, 1.54) is 0 Å². The fraction of sp³-hybridized carbons (Fsp3) is 0.438. The predicted molar refractivity (Wildman–Crippen MR) is 78.9 cm³/mol. The molecule has 1 aromatic rings. The second kappa shape index (κ2) is 4.78. The third-order valence-electron chi connectivity index (χ3n) is 4.41. The Balaban J connectivity index is 2.18. The molecule has 2 nitrogen and oxygen atoms in total. The van der Waals surface area contributed by atoms with Crippen molar-refractivity contribution < 1.29 is 9.90 Å². The predicted octanol–water partition coefficient (Wildman–Crippen LogP) is 4.28. The molecule has 0 aromatic heterocycles. The van der Waals surface area contributed by atoms with Gasteiger partial charge in [0, 0.05) is 16.3 Å². The van der Waals surface area contributed by atoms with Crippen molar-refractivity contribution in [3.63, 3.8) is 0 Å². The van der Waals surface area contributed by atoms with E-state index in [1.807, 2.05) is 18.2 Å². The van der Waals surface area contributed by atoms with Gasteiger partial charge in [0.2, 0.25) is 0 Å². The Hall–Kier alpha value is -1.09. The van der Waals surface area contributed by atoms with Gasteiger partial charge in [0.25, 0.3) is 0 Å². The topological polar surface area (TPSA) is 37.3 Å². The van der Waals surface area contributed by atoms with Gasteiger partial charge in [-0.25, -0.2) is 0 Å². The van der Waals surface area contributed by atoms with Crippen molar-refractivity contribution in [2.75, 3.05) is 0 Å². The van der Waals surface area contributed by atoms with Crippen molar-refractivity contribution in [2.45, 2.75) is 32.6 Å². The van der Waals surface area contributed by atoms with E-state index in [1.54, 1.807) is 0 Å². The highest BCUT2D eigenvalue weighted by atomic mass is 79.9. The van der Waals surface area contributed by atoms with Crippen LogP contribution in [0.3, 0.4) is 0 Å². The number of hydrogen-bond donors (Lipinski definition) is 1. The second-order valence-electron chi connectivity index (χ2n) is 5.49. The fourth-order valence-electron chi connectivity index (χ4n) is 3.36. The summed E-state index contributed by atoms with van der Waals surface area (Å²) in [5.41, 5.74) is 2.62. The number of halogens is 1. The van der Waals surface area contributed by atoms with Crippen LogP contribution < -0.4 is 0 Å². The van der Waals surface area contributed by atoms with Crippen LogP contribution in [0.1, 0.15) is 37.3 Å². The minimum absolute atomic E-state index is 0.125. The summed E-state index contributed by atoms with van der Waals surface area (Å²) in [6.45, 7) is 2.08. The Bertz CT molecular complexity index is 574. The number of aliphatic hydroxyl groups excluding tert-OH is 1. The van der Waals surface area contributed by atoms with Gasteiger partial charge in [-0.15, -0.1) is 0 Å². The molecule has 2 bridgehead atoms. The van der Waals surface area contributed by atoms with E-state index in [-0.39, 0.29) is 17.6 Å². The number of benzene rings is 1. The zero-order chi connectivity index (χ0) is 13.6. The molecule has 0 radical (unpaired) electrons. The molecule has 2 aliphatic rings. The van der Waals surface area contributed by atoms with E-state index in [2.05, 4.69) is 22.9 Å². The van der Waals surface area contributed by atoms with Gasteiger partial charge in [0.05, 0.1) is 5.57 Å².